The van der Waals surface area contributed by atoms with E-state index in [0.717, 1.165) is 24.8 Å². The average molecular weight is 460 g/mol. The van der Waals surface area contributed by atoms with Gasteiger partial charge in [-0.15, -0.1) is 5.92 Å². The highest BCUT2D eigenvalue weighted by atomic mass is 79.9. The summed E-state index contributed by atoms with van der Waals surface area (Å²) >= 11 is 3.50. The third-order valence-electron chi connectivity index (χ3n) is 5.74. The molecule has 0 aromatic heterocycles. The van der Waals surface area contributed by atoms with Gasteiger partial charge in [-0.05, 0) is 24.3 Å². The summed E-state index contributed by atoms with van der Waals surface area (Å²) < 4.78 is 6.23. The molecule has 0 aromatic carbocycles. The van der Waals surface area contributed by atoms with E-state index in [2.05, 4.69) is 61.6 Å². The molecule has 0 spiro atoms. The van der Waals surface area contributed by atoms with Crippen molar-refractivity contribution in [2.24, 2.45) is 0 Å². The zero-order valence-corrected chi connectivity index (χ0v) is 21.8. The highest BCUT2D eigenvalue weighted by Gasteiger charge is 2.24. The molecule has 0 radical (unpaired) electrons. The van der Waals surface area contributed by atoms with E-state index in [1.807, 2.05) is 0 Å². The number of hydrogen-bond donors (Lipinski definition) is 0. The predicted molar refractivity (Wildman–Crippen MR) is 130 cm³/mol. The zero-order chi connectivity index (χ0) is 20.4. The summed E-state index contributed by atoms with van der Waals surface area (Å²) in [5.74, 6) is 6.85. The minimum Gasteiger partial charge on any atom is -0.365 e. The molecule has 3 heteroatoms. The standard InChI is InChI=1S/C24H47BrOSi/c1-6-7-19-23(26-22-24(2,3)27(4)5)20-17-15-13-11-9-8-10-12-14-16-18-21-25/h23,27H,6-16,18-19,21-22H2,1-5H3/t23-/m1/s1. The summed E-state index contributed by atoms with van der Waals surface area (Å²) in [6.07, 6.45) is 17.0. The second kappa shape index (κ2) is 18.3. The van der Waals surface area contributed by atoms with Crippen LogP contribution in [0, 0.1) is 11.8 Å². The van der Waals surface area contributed by atoms with E-state index in [-0.39, 0.29) is 6.10 Å². The molecule has 0 heterocycles. The maximum absolute atomic E-state index is 6.23. The molecule has 0 saturated carbocycles. The lowest BCUT2D eigenvalue weighted by molar-refractivity contribution is 0.0675. The Bertz CT molecular complexity index is 384. The summed E-state index contributed by atoms with van der Waals surface area (Å²) in [6, 6.07) is 0. The average Bonchev–Trinajstić information content (AvgIpc) is 2.64. The Balaban J connectivity index is 3.89. The van der Waals surface area contributed by atoms with Crippen molar-refractivity contribution in [3.8, 4) is 11.8 Å². The molecule has 160 valence electrons. The SMILES string of the molecule is CCCC[C@H](C#CCCCCCCCCCCCBr)OCC(C)(C)[SiH](C)C. The number of unbranched alkanes of at least 4 members (excludes halogenated alkanes) is 10. The van der Waals surface area contributed by atoms with Gasteiger partial charge in [0.2, 0.25) is 0 Å². The lowest BCUT2D eigenvalue weighted by Gasteiger charge is -2.29. The molecule has 0 unspecified atom stereocenters. The fourth-order valence-electron chi connectivity index (χ4n) is 2.80. The third-order valence-corrected chi connectivity index (χ3v) is 9.59. The summed E-state index contributed by atoms with van der Waals surface area (Å²) in [5.41, 5.74) is 0. The van der Waals surface area contributed by atoms with Crippen molar-refractivity contribution < 1.29 is 4.74 Å². The summed E-state index contributed by atoms with van der Waals surface area (Å²) in [5, 5.41) is 1.52. The molecule has 0 bridgehead atoms. The van der Waals surface area contributed by atoms with E-state index in [1.165, 1.54) is 70.6 Å². The summed E-state index contributed by atoms with van der Waals surface area (Å²) in [7, 11) is -0.702. The smallest absolute Gasteiger partial charge is 0.118 e. The van der Waals surface area contributed by atoms with Crippen molar-refractivity contribution in [3.63, 3.8) is 0 Å². The van der Waals surface area contributed by atoms with Crippen LogP contribution in [0.2, 0.25) is 18.1 Å². The first kappa shape index (κ1) is 27.2. The first-order valence-electron chi connectivity index (χ1n) is 11.6. The molecule has 27 heavy (non-hydrogen) atoms. The fourth-order valence-corrected chi connectivity index (χ4v) is 3.63. The molecule has 1 nitrogen and oxygen atoms in total. The molecular formula is C24H47BrOSi. The quantitative estimate of drug-likeness (QED) is 0.0923. The monoisotopic (exact) mass is 458 g/mol. The second-order valence-corrected chi connectivity index (χ2v) is 13.7. The first-order valence-corrected chi connectivity index (χ1v) is 15.6. The Labute approximate surface area is 181 Å². The van der Waals surface area contributed by atoms with Crippen LogP contribution in [-0.4, -0.2) is 26.8 Å². The number of rotatable bonds is 17. The van der Waals surface area contributed by atoms with E-state index in [4.69, 9.17) is 4.74 Å². The van der Waals surface area contributed by atoms with Gasteiger partial charge >= 0.3 is 0 Å². The Morgan fingerprint density at radius 2 is 1.44 bits per heavy atom. The van der Waals surface area contributed by atoms with E-state index in [1.54, 1.807) is 0 Å². The number of hydrogen-bond acceptors (Lipinski definition) is 1. The lowest BCUT2D eigenvalue weighted by Crippen LogP contribution is -2.28. The number of alkyl halides is 1. The third kappa shape index (κ3) is 16.8. The molecule has 1 atom stereocenters. The van der Waals surface area contributed by atoms with Gasteiger partial charge in [-0.2, -0.15) is 0 Å². The van der Waals surface area contributed by atoms with Crippen molar-refractivity contribution in [2.75, 3.05) is 11.9 Å². The summed E-state index contributed by atoms with van der Waals surface area (Å²) in [4.78, 5) is 0. The molecule has 0 rings (SSSR count). The van der Waals surface area contributed by atoms with E-state index in [0.29, 0.717) is 5.04 Å². The fraction of sp³-hybridized carbons (Fsp3) is 0.917. The van der Waals surface area contributed by atoms with E-state index >= 15 is 0 Å². The van der Waals surface area contributed by atoms with Gasteiger partial charge in [-0.25, -0.2) is 0 Å². The number of ether oxygens (including phenoxy) is 1. The van der Waals surface area contributed by atoms with Crippen molar-refractivity contribution in [2.45, 2.75) is 128 Å². The molecule has 0 aliphatic rings. The van der Waals surface area contributed by atoms with Gasteiger partial charge in [0.15, 0.2) is 0 Å². The molecule has 0 saturated heterocycles. The predicted octanol–water partition coefficient (Wildman–Crippen LogP) is 8.13. The van der Waals surface area contributed by atoms with Crippen LogP contribution >= 0.6 is 15.9 Å². The minimum absolute atomic E-state index is 0.150. The van der Waals surface area contributed by atoms with Gasteiger partial charge in [0.25, 0.3) is 0 Å². The van der Waals surface area contributed by atoms with Crippen molar-refractivity contribution in [1.29, 1.82) is 0 Å². The van der Waals surface area contributed by atoms with Crippen LogP contribution in [0.25, 0.3) is 0 Å². The maximum atomic E-state index is 6.23. The van der Waals surface area contributed by atoms with Crippen LogP contribution in [0.15, 0.2) is 0 Å². The van der Waals surface area contributed by atoms with Gasteiger partial charge in [-0.1, -0.05) is 114 Å². The molecular weight excluding hydrogens is 412 g/mol. The molecule has 0 aliphatic heterocycles. The summed E-state index contributed by atoms with van der Waals surface area (Å²) in [6.45, 7) is 12.7. The van der Waals surface area contributed by atoms with Crippen LogP contribution in [0.3, 0.4) is 0 Å². The van der Waals surface area contributed by atoms with Crippen LogP contribution < -0.4 is 0 Å². The topological polar surface area (TPSA) is 9.23 Å². The Kier molecular flexibility index (Phi) is 18.4. The second-order valence-electron chi connectivity index (χ2n) is 9.03. The van der Waals surface area contributed by atoms with Gasteiger partial charge in [-0.3, -0.25) is 0 Å². The van der Waals surface area contributed by atoms with Crippen LogP contribution in [0.5, 0.6) is 0 Å². The van der Waals surface area contributed by atoms with Gasteiger partial charge < -0.3 is 4.74 Å². The molecule has 0 amide bonds. The Morgan fingerprint density at radius 3 is 1.96 bits per heavy atom. The first-order chi connectivity index (χ1) is 12.9. The Hall–Kier alpha value is 0.217. The van der Waals surface area contributed by atoms with Crippen molar-refractivity contribution in [1.82, 2.24) is 0 Å². The van der Waals surface area contributed by atoms with E-state index in [9.17, 15) is 0 Å². The van der Waals surface area contributed by atoms with Crippen LogP contribution in [0.4, 0.5) is 0 Å². The molecule has 0 aromatic rings. The molecule has 0 aliphatic carbocycles. The van der Waals surface area contributed by atoms with Crippen molar-refractivity contribution in [3.05, 3.63) is 0 Å². The molecule has 0 N–H and O–H groups in total. The minimum atomic E-state index is -0.702. The maximum Gasteiger partial charge on any atom is 0.118 e. The lowest BCUT2D eigenvalue weighted by atomic mass is 10.1. The van der Waals surface area contributed by atoms with Crippen molar-refractivity contribution >= 4 is 24.7 Å². The highest BCUT2D eigenvalue weighted by molar-refractivity contribution is 9.09. The van der Waals surface area contributed by atoms with Crippen LogP contribution in [0.1, 0.15) is 104 Å². The van der Waals surface area contributed by atoms with Gasteiger partial charge in [0, 0.05) is 20.5 Å². The zero-order valence-electron chi connectivity index (χ0n) is 19.0. The Morgan fingerprint density at radius 1 is 0.889 bits per heavy atom. The van der Waals surface area contributed by atoms with Gasteiger partial charge in [0.1, 0.15) is 6.10 Å². The van der Waals surface area contributed by atoms with E-state index < -0.39 is 8.80 Å². The highest BCUT2D eigenvalue weighted by Crippen LogP contribution is 2.29. The van der Waals surface area contributed by atoms with Gasteiger partial charge in [0.05, 0.1) is 6.61 Å². The molecule has 0 fully saturated rings. The largest absolute Gasteiger partial charge is 0.365 e. The number of halogens is 1. The van der Waals surface area contributed by atoms with Crippen LogP contribution in [-0.2, 0) is 4.74 Å². The normalized spacial score (nSPS) is 12.9.